The second-order valence-corrected chi connectivity index (χ2v) is 7.42. The van der Waals surface area contributed by atoms with E-state index in [0.29, 0.717) is 14.6 Å². The van der Waals surface area contributed by atoms with Crippen LogP contribution < -0.4 is 4.72 Å². The van der Waals surface area contributed by atoms with Crippen molar-refractivity contribution in [3.8, 4) is 0 Å². The van der Waals surface area contributed by atoms with Crippen LogP contribution in [0.5, 0.6) is 0 Å². The van der Waals surface area contributed by atoms with E-state index in [1.54, 1.807) is 24.3 Å². The van der Waals surface area contributed by atoms with Gasteiger partial charge >= 0.3 is 5.97 Å². The van der Waals surface area contributed by atoms with Gasteiger partial charge in [-0.05, 0) is 62.2 Å². The normalized spacial score (nSPS) is 11.1. The minimum Gasteiger partial charge on any atom is -0.478 e. The summed E-state index contributed by atoms with van der Waals surface area (Å²) in [5.74, 6) is -1.21. The first kappa shape index (κ1) is 16.0. The van der Waals surface area contributed by atoms with Crippen LogP contribution >= 0.6 is 31.9 Å². The summed E-state index contributed by atoms with van der Waals surface area (Å²) in [6, 6.07) is 10.6. The number of sulfonamides is 1. The Hall–Kier alpha value is -1.38. The van der Waals surface area contributed by atoms with Gasteiger partial charge in [-0.25, -0.2) is 13.2 Å². The molecule has 0 bridgehead atoms. The van der Waals surface area contributed by atoms with E-state index < -0.39 is 16.0 Å². The third kappa shape index (κ3) is 3.63. The van der Waals surface area contributed by atoms with Gasteiger partial charge < -0.3 is 5.11 Å². The van der Waals surface area contributed by atoms with Gasteiger partial charge in [-0.2, -0.15) is 0 Å². The molecule has 2 rings (SSSR count). The Kier molecular flexibility index (Phi) is 4.70. The van der Waals surface area contributed by atoms with Crippen LogP contribution in [0.3, 0.4) is 0 Å². The lowest BCUT2D eigenvalue weighted by molar-refractivity contribution is 0.0695. The van der Waals surface area contributed by atoms with E-state index in [1.165, 1.54) is 12.1 Å². The highest BCUT2D eigenvalue weighted by Gasteiger charge is 2.19. The number of carboxylic acid groups (broad SMARTS) is 1. The highest BCUT2D eigenvalue weighted by Crippen LogP contribution is 2.26. The summed E-state index contributed by atoms with van der Waals surface area (Å²) in [6.07, 6.45) is 0. The van der Waals surface area contributed by atoms with Crippen molar-refractivity contribution in [3.63, 3.8) is 0 Å². The van der Waals surface area contributed by atoms with E-state index in [9.17, 15) is 13.2 Å². The molecule has 0 saturated heterocycles. The summed E-state index contributed by atoms with van der Waals surface area (Å²) in [5, 5.41) is 9.04. The van der Waals surface area contributed by atoms with E-state index in [1.807, 2.05) is 0 Å². The molecule has 2 aromatic rings. The van der Waals surface area contributed by atoms with Gasteiger partial charge in [0.2, 0.25) is 0 Å². The molecule has 0 aliphatic carbocycles. The first-order valence-corrected chi connectivity index (χ1v) is 8.68. The molecule has 8 heteroatoms. The second kappa shape index (κ2) is 6.17. The van der Waals surface area contributed by atoms with E-state index in [4.69, 9.17) is 5.11 Å². The summed E-state index contributed by atoms with van der Waals surface area (Å²) in [6.45, 7) is 0. The number of hydrogen-bond acceptors (Lipinski definition) is 3. The smallest absolute Gasteiger partial charge is 0.336 e. The fourth-order valence-electron chi connectivity index (χ4n) is 1.58. The van der Waals surface area contributed by atoms with Crippen molar-refractivity contribution in [2.24, 2.45) is 0 Å². The molecule has 0 unspecified atom stereocenters. The van der Waals surface area contributed by atoms with Crippen LogP contribution in [0.15, 0.2) is 56.3 Å². The zero-order valence-electron chi connectivity index (χ0n) is 10.4. The van der Waals surface area contributed by atoms with Crippen molar-refractivity contribution in [1.82, 2.24) is 0 Å². The number of para-hydroxylation sites is 1. The molecule has 5 nitrogen and oxygen atoms in total. The number of carbonyl (C=O) groups is 1. The largest absolute Gasteiger partial charge is 0.478 e. The molecule has 0 fully saturated rings. The van der Waals surface area contributed by atoms with E-state index >= 15 is 0 Å². The Morgan fingerprint density at radius 1 is 1.05 bits per heavy atom. The maximum absolute atomic E-state index is 12.3. The van der Waals surface area contributed by atoms with Gasteiger partial charge in [0.05, 0.1) is 16.1 Å². The van der Waals surface area contributed by atoms with Crippen molar-refractivity contribution in [2.45, 2.75) is 4.90 Å². The number of halogens is 2. The van der Waals surface area contributed by atoms with Crippen LogP contribution in [-0.2, 0) is 10.0 Å². The lowest BCUT2D eigenvalue weighted by Crippen LogP contribution is -2.14. The fourth-order valence-corrected chi connectivity index (χ4v) is 3.62. The van der Waals surface area contributed by atoms with Gasteiger partial charge in [-0.3, -0.25) is 4.72 Å². The van der Waals surface area contributed by atoms with Gasteiger partial charge in [-0.1, -0.05) is 12.1 Å². The molecular weight excluding hydrogens is 426 g/mol. The molecule has 0 aromatic heterocycles. The first-order valence-electron chi connectivity index (χ1n) is 5.61. The Morgan fingerprint density at radius 2 is 1.71 bits per heavy atom. The number of carboxylic acids is 1. The molecule has 21 heavy (non-hydrogen) atoms. The Bertz CT molecular complexity index is 806. The Morgan fingerprint density at radius 3 is 2.33 bits per heavy atom. The number of anilines is 1. The first-order chi connectivity index (χ1) is 9.81. The molecule has 0 aliphatic heterocycles. The maximum Gasteiger partial charge on any atom is 0.336 e. The predicted octanol–water partition coefficient (Wildman–Crippen LogP) is 3.71. The zero-order valence-corrected chi connectivity index (χ0v) is 14.4. The monoisotopic (exact) mass is 433 g/mol. The second-order valence-electron chi connectivity index (χ2n) is 4.03. The molecule has 0 atom stereocenters. The molecule has 0 amide bonds. The number of nitrogens with one attached hydrogen (secondary N) is 1. The summed E-state index contributed by atoms with van der Waals surface area (Å²) < 4.78 is 27.9. The predicted molar refractivity (Wildman–Crippen MR) is 86.1 cm³/mol. The summed E-state index contributed by atoms with van der Waals surface area (Å²) in [5.41, 5.74) is 0.252. The van der Waals surface area contributed by atoms with Crippen LogP contribution in [0.2, 0.25) is 0 Å². The third-order valence-electron chi connectivity index (χ3n) is 2.60. The van der Waals surface area contributed by atoms with Gasteiger partial charge in [0.1, 0.15) is 0 Å². The molecule has 0 aliphatic rings. The standard InChI is InChI=1S/C13H9Br2NO4S/c14-10-6-5-8(7-9(10)13(17)18)21(19,20)16-12-4-2-1-3-11(12)15/h1-7,16H,(H,17,18). The number of aromatic carboxylic acids is 1. The highest BCUT2D eigenvalue weighted by atomic mass is 79.9. The van der Waals surface area contributed by atoms with Crippen molar-refractivity contribution in [3.05, 3.63) is 57.0 Å². The van der Waals surface area contributed by atoms with Crippen molar-refractivity contribution in [1.29, 1.82) is 0 Å². The van der Waals surface area contributed by atoms with Gasteiger partial charge in [-0.15, -0.1) is 0 Å². The van der Waals surface area contributed by atoms with Crippen LogP contribution in [0.1, 0.15) is 10.4 Å². The van der Waals surface area contributed by atoms with E-state index in [0.717, 1.165) is 6.07 Å². The third-order valence-corrected chi connectivity index (χ3v) is 5.34. The quantitative estimate of drug-likeness (QED) is 0.768. The topological polar surface area (TPSA) is 83.5 Å². The lowest BCUT2D eigenvalue weighted by atomic mass is 10.2. The summed E-state index contributed by atoms with van der Waals surface area (Å²) in [4.78, 5) is 10.9. The van der Waals surface area contributed by atoms with Gasteiger partial charge in [0, 0.05) is 8.95 Å². The molecule has 110 valence electrons. The molecule has 2 aromatic carbocycles. The Balaban J connectivity index is 2.43. The Labute approximate surface area is 138 Å². The zero-order chi connectivity index (χ0) is 15.6. The van der Waals surface area contributed by atoms with Crippen molar-refractivity contribution in [2.75, 3.05) is 4.72 Å². The van der Waals surface area contributed by atoms with Crippen LogP contribution in [0.4, 0.5) is 5.69 Å². The number of hydrogen-bond donors (Lipinski definition) is 2. The number of benzene rings is 2. The van der Waals surface area contributed by atoms with Gasteiger partial charge in [0.25, 0.3) is 10.0 Å². The van der Waals surface area contributed by atoms with E-state index in [2.05, 4.69) is 36.6 Å². The number of rotatable bonds is 4. The molecule has 0 radical (unpaired) electrons. The average molecular weight is 435 g/mol. The van der Waals surface area contributed by atoms with Crippen LogP contribution in [0.25, 0.3) is 0 Å². The average Bonchev–Trinajstić information content (AvgIpc) is 2.41. The molecule has 0 heterocycles. The summed E-state index contributed by atoms with van der Waals surface area (Å²) >= 11 is 6.31. The molecule has 0 saturated carbocycles. The fraction of sp³-hybridized carbons (Fsp3) is 0. The van der Waals surface area contributed by atoms with Gasteiger partial charge in [0.15, 0.2) is 0 Å². The molecule has 0 spiro atoms. The summed E-state index contributed by atoms with van der Waals surface area (Å²) in [7, 11) is -3.87. The van der Waals surface area contributed by atoms with Crippen LogP contribution in [0, 0.1) is 0 Å². The minimum absolute atomic E-state index is 0.120. The molecule has 2 N–H and O–H groups in total. The van der Waals surface area contributed by atoms with Crippen molar-refractivity contribution >= 4 is 53.5 Å². The van der Waals surface area contributed by atoms with Crippen LogP contribution in [-0.4, -0.2) is 19.5 Å². The van der Waals surface area contributed by atoms with E-state index in [-0.39, 0.29) is 10.5 Å². The molecular formula is C13H9Br2NO4S. The maximum atomic E-state index is 12.3. The highest BCUT2D eigenvalue weighted by molar-refractivity contribution is 9.11. The lowest BCUT2D eigenvalue weighted by Gasteiger charge is -2.10. The minimum atomic E-state index is -3.87. The van der Waals surface area contributed by atoms with Crippen molar-refractivity contribution < 1.29 is 18.3 Å². The SMILES string of the molecule is O=C(O)c1cc(S(=O)(=O)Nc2ccccc2Br)ccc1Br.